The third kappa shape index (κ3) is 6.57. The number of rotatable bonds is 6. The van der Waals surface area contributed by atoms with E-state index in [1.807, 2.05) is 4.90 Å². The zero-order chi connectivity index (χ0) is 15.9. The number of amides is 1. The highest BCUT2D eigenvalue weighted by Gasteiger charge is 2.23. The van der Waals surface area contributed by atoms with E-state index in [9.17, 15) is 4.79 Å². The smallest absolute Gasteiger partial charge is 0.225 e. The van der Waals surface area contributed by atoms with E-state index in [0.29, 0.717) is 13.0 Å². The van der Waals surface area contributed by atoms with Crippen LogP contribution < -0.4 is 5.73 Å². The molecular formula is C17H29Cl2N3O2. The van der Waals surface area contributed by atoms with Gasteiger partial charge in [0.1, 0.15) is 0 Å². The standard InChI is InChI=1S/C17H27N3O2.2ClH/c1-14-5-3-4-6-15(14)13-19-7-9-20(10-8-19)17(21)11-16(12-18)22-2;;/h3-6,16H,7-13,18H2,1-2H3;2*1H. The van der Waals surface area contributed by atoms with Crippen molar-refractivity contribution in [1.29, 1.82) is 0 Å². The molecule has 1 atom stereocenters. The fraction of sp³-hybridized carbons (Fsp3) is 0.588. The first kappa shape index (κ1) is 23.1. The van der Waals surface area contributed by atoms with Crippen molar-refractivity contribution in [3.8, 4) is 0 Å². The number of ether oxygens (including phenoxy) is 1. The van der Waals surface area contributed by atoms with Crippen molar-refractivity contribution in [3.05, 3.63) is 35.4 Å². The summed E-state index contributed by atoms with van der Waals surface area (Å²) < 4.78 is 5.19. The third-order valence-corrected chi connectivity index (χ3v) is 4.38. The van der Waals surface area contributed by atoms with E-state index in [-0.39, 0.29) is 36.8 Å². The SMILES string of the molecule is COC(CN)CC(=O)N1CCN(Cc2ccccc2C)CC1.Cl.Cl. The molecule has 0 aliphatic carbocycles. The Morgan fingerprint density at radius 2 is 1.83 bits per heavy atom. The first-order valence-electron chi connectivity index (χ1n) is 7.91. The number of methoxy groups -OCH3 is 1. The molecule has 1 unspecified atom stereocenters. The maximum absolute atomic E-state index is 12.2. The lowest BCUT2D eigenvalue weighted by atomic mass is 10.1. The molecule has 1 aromatic carbocycles. The van der Waals surface area contributed by atoms with E-state index < -0.39 is 0 Å². The molecule has 2 N–H and O–H groups in total. The van der Waals surface area contributed by atoms with Gasteiger partial charge in [-0.1, -0.05) is 24.3 Å². The van der Waals surface area contributed by atoms with Gasteiger partial charge in [0.25, 0.3) is 0 Å². The van der Waals surface area contributed by atoms with Crippen molar-refractivity contribution in [2.24, 2.45) is 5.73 Å². The highest BCUT2D eigenvalue weighted by atomic mass is 35.5. The van der Waals surface area contributed by atoms with Crippen molar-refractivity contribution in [3.63, 3.8) is 0 Å². The zero-order valence-electron chi connectivity index (χ0n) is 14.4. The van der Waals surface area contributed by atoms with Crippen LogP contribution in [0.3, 0.4) is 0 Å². The molecule has 138 valence electrons. The van der Waals surface area contributed by atoms with Crippen molar-refractivity contribution in [2.75, 3.05) is 39.8 Å². The topological polar surface area (TPSA) is 58.8 Å². The van der Waals surface area contributed by atoms with Crippen LogP contribution >= 0.6 is 24.8 Å². The number of hydrogen-bond donors (Lipinski definition) is 1. The van der Waals surface area contributed by atoms with Crippen LogP contribution in [-0.4, -0.2) is 61.6 Å². The summed E-state index contributed by atoms with van der Waals surface area (Å²) >= 11 is 0. The molecule has 1 amide bonds. The van der Waals surface area contributed by atoms with Gasteiger partial charge >= 0.3 is 0 Å². The number of carbonyl (C=O) groups is 1. The molecule has 7 heteroatoms. The molecule has 1 fully saturated rings. The van der Waals surface area contributed by atoms with E-state index in [2.05, 4.69) is 36.1 Å². The van der Waals surface area contributed by atoms with Gasteiger partial charge in [0.05, 0.1) is 12.5 Å². The minimum absolute atomic E-state index is 0. The predicted molar refractivity (Wildman–Crippen MR) is 102 cm³/mol. The monoisotopic (exact) mass is 377 g/mol. The summed E-state index contributed by atoms with van der Waals surface area (Å²) in [5.41, 5.74) is 8.27. The average Bonchev–Trinajstić information content (AvgIpc) is 2.55. The molecule has 1 heterocycles. The van der Waals surface area contributed by atoms with Crippen molar-refractivity contribution in [1.82, 2.24) is 9.80 Å². The summed E-state index contributed by atoms with van der Waals surface area (Å²) in [5, 5.41) is 0. The highest BCUT2D eigenvalue weighted by molar-refractivity contribution is 5.85. The Hall–Kier alpha value is -0.850. The normalized spacial score (nSPS) is 16.0. The lowest BCUT2D eigenvalue weighted by Gasteiger charge is -2.35. The Kier molecular flexibility index (Phi) is 11.2. The minimum atomic E-state index is -0.169. The first-order chi connectivity index (χ1) is 10.6. The summed E-state index contributed by atoms with van der Waals surface area (Å²) in [6.07, 6.45) is 0.211. The Morgan fingerprint density at radius 1 is 1.21 bits per heavy atom. The van der Waals surface area contributed by atoms with Crippen LogP contribution in [0, 0.1) is 6.92 Å². The van der Waals surface area contributed by atoms with Gasteiger partial charge in [0.15, 0.2) is 0 Å². The second-order valence-corrected chi connectivity index (χ2v) is 5.88. The molecule has 1 aromatic rings. The van der Waals surface area contributed by atoms with Crippen molar-refractivity contribution >= 4 is 30.7 Å². The van der Waals surface area contributed by atoms with Crippen LogP contribution in [0.5, 0.6) is 0 Å². The number of benzene rings is 1. The van der Waals surface area contributed by atoms with Crippen LogP contribution in [0.15, 0.2) is 24.3 Å². The third-order valence-electron chi connectivity index (χ3n) is 4.38. The highest BCUT2D eigenvalue weighted by Crippen LogP contribution is 2.13. The second kappa shape index (κ2) is 11.7. The number of carbonyl (C=O) groups excluding carboxylic acids is 1. The summed E-state index contributed by atoms with van der Waals surface area (Å²) in [5.74, 6) is 0.146. The number of nitrogens with two attached hydrogens (primary N) is 1. The lowest BCUT2D eigenvalue weighted by molar-refractivity contribution is -0.135. The fourth-order valence-corrected chi connectivity index (χ4v) is 2.77. The Bertz CT molecular complexity index is 490. The summed E-state index contributed by atoms with van der Waals surface area (Å²) in [7, 11) is 1.60. The summed E-state index contributed by atoms with van der Waals surface area (Å²) in [4.78, 5) is 16.5. The van der Waals surface area contributed by atoms with E-state index in [0.717, 1.165) is 32.7 Å². The van der Waals surface area contributed by atoms with E-state index in [1.165, 1.54) is 11.1 Å². The molecule has 2 rings (SSSR count). The molecule has 0 spiro atoms. The van der Waals surface area contributed by atoms with Crippen LogP contribution in [0.1, 0.15) is 17.5 Å². The summed E-state index contributed by atoms with van der Waals surface area (Å²) in [6, 6.07) is 8.48. The molecule has 1 saturated heterocycles. The number of hydrogen-bond acceptors (Lipinski definition) is 4. The Balaban J connectivity index is 0.00000264. The number of halogens is 2. The second-order valence-electron chi connectivity index (χ2n) is 5.88. The molecular weight excluding hydrogens is 349 g/mol. The van der Waals surface area contributed by atoms with Crippen molar-refractivity contribution < 1.29 is 9.53 Å². The zero-order valence-corrected chi connectivity index (χ0v) is 16.1. The molecule has 0 aromatic heterocycles. The largest absolute Gasteiger partial charge is 0.380 e. The first-order valence-corrected chi connectivity index (χ1v) is 7.91. The summed E-state index contributed by atoms with van der Waals surface area (Å²) in [6.45, 7) is 6.89. The maximum atomic E-state index is 12.2. The fourth-order valence-electron chi connectivity index (χ4n) is 2.77. The Morgan fingerprint density at radius 3 is 2.38 bits per heavy atom. The number of piperazine rings is 1. The predicted octanol–water partition coefficient (Wildman–Crippen LogP) is 1.85. The van der Waals surface area contributed by atoms with Crippen LogP contribution in [-0.2, 0) is 16.1 Å². The number of nitrogens with zero attached hydrogens (tertiary/aromatic N) is 2. The van der Waals surface area contributed by atoms with Gasteiger partial charge in [-0.2, -0.15) is 0 Å². The average molecular weight is 378 g/mol. The van der Waals surface area contributed by atoms with Gasteiger partial charge < -0.3 is 15.4 Å². The van der Waals surface area contributed by atoms with E-state index in [4.69, 9.17) is 10.5 Å². The van der Waals surface area contributed by atoms with E-state index >= 15 is 0 Å². The van der Waals surface area contributed by atoms with Crippen LogP contribution in [0.2, 0.25) is 0 Å². The van der Waals surface area contributed by atoms with Gasteiger partial charge in [-0.05, 0) is 18.1 Å². The van der Waals surface area contributed by atoms with Gasteiger partial charge in [-0.3, -0.25) is 9.69 Å². The van der Waals surface area contributed by atoms with Gasteiger partial charge in [-0.25, -0.2) is 0 Å². The van der Waals surface area contributed by atoms with Crippen molar-refractivity contribution in [2.45, 2.75) is 26.0 Å². The quantitative estimate of drug-likeness (QED) is 0.821. The van der Waals surface area contributed by atoms with Gasteiger partial charge in [0.2, 0.25) is 5.91 Å². The number of aryl methyl sites for hydroxylation is 1. The molecule has 0 bridgehead atoms. The molecule has 1 aliphatic heterocycles. The van der Waals surface area contributed by atoms with Crippen LogP contribution in [0.25, 0.3) is 0 Å². The lowest BCUT2D eigenvalue weighted by Crippen LogP contribution is -2.49. The van der Waals surface area contributed by atoms with E-state index in [1.54, 1.807) is 7.11 Å². The minimum Gasteiger partial charge on any atom is -0.380 e. The maximum Gasteiger partial charge on any atom is 0.225 e. The molecule has 5 nitrogen and oxygen atoms in total. The van der Waals surface area contributed by atoms with Gasteiger partial charge in [-0.15, -0.1) is 24.8 Å². The molecule has 24 heavy (non-hydrogen) atoms. The molecule has 0 saturated carbocycles. The van der Waals surface area contributed by atoms with Gasteiger partial charge in [0, 0.05) is 46.4 Å². The Labute approximate surface area is 157 Å². The molecule has 1 aliphatic rings. The van der Waals surface area contributed by atoms with Crippen LogP contribution in [0.4, 0.5) is 0 Å². The molecule has 0 radical (unpaired) electrons.